The molecule has 0 spiro atoms. The highest BCUT2D eigenvalue weighted by atomic mass is 19.4. The summed E-state index contributed by atoms with van der Waals surface area (Å²) in [6.07, 6.45) is -5.14. The van der Waals surface area contributed by atoms with Crippen molar-refractivity contribution in [3.8, 4) is 5.75 Å². The molecule has 1 rings (SSSR count). The average molecular weight is 306 g/mol. The van der Waals surface area contributed by atoms with Gasteiger partial charge >= 0.3 is 12.1 Å². The zero-order chi connectivity index (χ0) is 16.2. The molecule has 1 atom stereocenters. The summed E-state index contributed by atoms with van der Waals surface area (Å²) in [5.41, 5.74) is 3.76. The first-order valence-corrected chi connectivity index (χ1v) is 5.76. The molecule has 0 saturated heterocycles. The molecule has 0 aliphatic carbocycles. The molecule has 0 aliphatic rings. The van der Waals surface area contributed by atoms with E-state index in [0.717, 1.165) is 12.1 Å². The van der Waals surface area contributed by atoms with Crippen LogP contribution in [0.3, 0.4) is 0 Å². The van der Waals surface area contributed by atoms with Crippen LogP contribution in [0.25, 0.3) is 0 Å². The number of halogens is 3. The van der Waals surface area contributed by atoms with Crippen molar-refractivity contribution in [1.29, 1.82) is 0 Å². The van der Waals surface area contributed by atoms with E-state index in [1.54, 1.807) is 0 Å². The SMILES string of the molecule is NCC(=O)N[C@@H](Cc1ccc(O)c(C(F)(F)F)c1)C(=O)O. The molecule has 1 amide bonds. The van der Waals surface area contributed by atoms with E-state index in [0.29, 0.717) is 6.07 Å². The summed E-state index contributed by atoms with van der Waals surface area (Å²) >= 11 is 0. The Kier molecular flexibility index (Phi) is 5.14. The lowest BCUT2D eigenvalue weighted by Gasteiger charge is -2.16. The number of carboxylic acid groups (broad SMARTS) is 1. The number of aromatic hydroxyl groups is 1. The van der Waals surface area contributed by atoms with Gasteiger partial charge in [0.25, 0.3) is 0 Å². The predicted octanol–water partition coefficient (Wildman–Crippen LogP) is 0.482. The normalized spacial score (nSPS) is 12.8. The van der Waals surface area contributed by atoms with Crippen LogP contribution in [0.1, 0.15) is 11.1 Å². The van der Waals surface area contributed by atoms with Gasteiger partial charge in [-0.25, -0.2) is 4.79 Å². The van der Waals surface area contributed by atoms with E-state index >= 15 is 0 Å². The Hall–Kier alpha value is -2.29. The Morgan fingerprint density at radius 2 is 1.95 bits per heavy atom. The molecule has 0 aliphatic heterocycles. The van der Waals surface area contributed by atoms with Gasteiger partial charge in [-0.05, 0) is 17.7 Å². The highest BCUT2D eigenvalue weighted by Crippen LogP contribution is 2.36. The minimum atomic E-state index is -4.76. The number of carbonyl (C=O) groups excluding carboxylic acids is 1. The van der Waals surface area contributed by atoms with E-state index in [4.69, 9.17) is 10.8 Å². The second kappa shape index (κ2) is 6.44. The lowest BCUT2D eigenvalue weighted by Crippen LogP contribution is -2.44. The molecular formula is C12H13F3N2O4. The second-order valence-electron chi connectivity index (χ2n) is 4.22. The number of rotatable bonds is 5. The first kappa shape index (κ1) is 16.8. The summed E-state index contributed by atoms with van der Waals surface area (Å²) in [5.74, 6) is -3.10. The number of alkyl halides is 3. The molecule has 0 unspecified atom stereocenters. The van der Waals surface area contributed by atoms with Gasteiger partial charge in [-0.3, -0.25) is 4.79 Å². The maximum absolute atomic E-state index is 12.6. The van der Waals surface area contributed by atoms with Gasteiger partial charge in [0.05, 0.1) is 12.1 Å². The number of phenolic OH excluding ortho intramolecular Hbond substituents is 1. The molecule has 0 bridgehead atoms. The summed E-state index contributed by atoms with van der Waals surface area (Å²) in [6, 6.07) is 1.20. The highest BCUT2D eigenvalue weighted by molar-refractivity contribution is 5.84. The lowest BCUT2D eigenvalue weighted by molar-refractivity contribution is -0.141. The molecule has 1 aromatic rings. The van der Waals surface area contributed by atoms with E-state index in [1.165, 1.54) is 0 Å². The van der Waals surface area contributed by atoms with Crippen LogP contribution in [-0.2, 0) is 22.2 Å². The highest BCUT2D eigenvalue weighted by Gasteiger charge is 2.34. The Balaban J connectivity index is 3.00. The number of nitrogens with one attached hydrogen (secondary N) is 1. The molecule has 0 saturated carbocycles. The number of aliphatic carboxylic acids is 1. The molecule has 6 nitrogen and oxygen atoms in total. The molecule has 21 heavy (non-hydrogen) atoms. The zero-order valence-electron chi connectivity index (χ0n) is 10.6. The van der Waals surface area contributed by atoms with Gasteiger partial charge in [0.15, 0.2) is 0 Å². The van der Waals surface area contributed by atoms with Crippen LogP contribution in [0.2, 0.25) is 0 Å². The minimum absolute atomic E-state index is 0.00449. The van der Waals surface area contributed by atoms with E-state index in [1.807, 2.05) is 0 Å². The van der Waals surface area contributed by atoms with Crippen LogP contribution in [-0.4, -0.2) is 34.7 Å². The molecule has 9 heteroatoms. The lowest BCUT2D eigenvalue weighted by atomic mass is 10.0. The maximum atomic E-state index is 12.6. The van der Waals surface area contributed by atoms with E-state index in [2.05, 4.69) is 5.32 Å². The van der Waals surface area contributed by atoms with Crippen LogP contribution in [0, 0.1) is 0 Å². The Morgan fingerprint density at radius 3 is 2.43 bits per heavy atom. The van der Waals surface area contributed by atoms with Gasteiger partial charge in [0, 0.05) is 6.42 Å². The van der Waals surface area contributed by atoms with Crippen LogP contribution in [0.5, 0.6) is 5.75 Å². The van der Waals surface area contributed by atoms with Crippen molar-refractivity contribution in [3.63, 3.8) is 0 Å². The number of carbonyl (C=O) groups is 2. The predicted molar refractivity (Wildman–Crippen MR) is 65.4 cm³/mol. The fourth-order valence-corrected chi connectivity index (χ4v) is 1.63. The van der Waals surface area contributed by atoms with Crippen molar-refractivity contribution in [1.82, 2.24) is 5.32 Å². The number of phenols is 1. The van der Waals surface area contributed by atoms with Crippen LogP contribution in [0.15, 0.2) is 18.2 Å². The van der Waals surface area contributed by atoms with E-state index in [-0.39, 0.29) is 12.0 Å². The first-order valence-electron chi connectivity index (χ1n) is 5.76. The second-order valence-corrected chi connectivity index (χ2v) is 4.22. The third-order valence-corrected chi connectivity index (χ3v) is 2.62. The summed E-state index contributed by atoms with van der Waals surface area (Å²) in [4.78, 5) is 22.1. The average Bonchev–Trinajstić information content (AvgIpc) is 2.38. The van der Waals surface area contributed by atoms with Crippen molar-refractivity contribution in [3.05, 3.63) is 29.3 Å². The summed E-state index contributed by atoms with van der Waals surface area (Å²) < 4.78 is 37.9. The number of benzene rings is 1. The zero-order valence-corrected chi connectivity index (χ0v) is 10.6. The summed E-state index contributed by atoms with van der Waals surface area (Å²) in [6.45, 7) is -0.437. The number of carboxylic acids is 1. The minimum Gasteiger partial charge on any atom is -0.507 e. The van der Waals surface area contributed by atoms with Gasteiger partial charge in [0.2, 0.25) is 5.91 Å². The molecule has 5 N–H and O–H groups in total. The Morgan fingerprint density at radius 1 is 1.33 bits per heavy atom. The van der Waals surface area contributed by atoms with Crippen molar-refractivity contribution in [2.24, 2.45) is 5.73 Å². The standard InChI is InChI=1S/C12H13F3N2O4/c13-12(14,15)7-3-6(1-2-9(7)18)4-8(11(20)21)17-10(19)5-16/h1-3,8,18H,4-5,16H2,(H,17,19)(H,20,21)/t8-/m0/s1. The van der Waals surface area contributed by atoms with Crippen LogP contribution in [0.4, 0.5) is 13.2 Å². The van der Waals surface area contributed by atoms with Gasteiger partial charge in [-0.1, -0.05) is 6.07 Å². The molecular weight excluding hydrogens is 293 g/mol. The topological polar surface area (TPSA) is 113 Å². The third kappa shape index (κ3) is 4.63. The molecule has 1 aromatic carbocycles. The van der Waals surface area contributed by atoms with Gasteiger partial charge < -0.3 is 21.3 Å². The Labute approximate surface area is 117 Å². The molecule has 0 radical (unpaired) electrons. The van der Waals surface area contributed by atoms with E-state index < -0.39 is 42.0 Å². The number of hydrogen-bond donors (Lipinski definition) is 4. The number of hydrogen-bond acceptors (Lipinski definition) is 4. The fraction of sp³-hybridized carbons (Fsp3) is 0.333. The molecule has 116 valence electrons. The van der Waals surface area contributed by atoms with Crippen molar-refractivity contribution in [2.45, 2.75) is 18.6 Å². The van der Waals surface area contributed by atoms with Crippen LogP contribution < -0.4 is 11.1 Å². The quantitative estimate of drug-likeness (QED) is 0.632. The van der Waals surface area contributed by atoms with Crippen LogP contribution >= 0.6 is 0 Å². The summed E-state index contributed by atoms with van der Waals surface area (Å²) in [7, 11) is 0. The van der Waals surface area contributed by atoms with Gasteiger partial charge in [-0.2, -0.15) is 13.2 Å². The Bertz CT molecular complexity index is 546. The fourth-order valence-electron chi connectivity index (χ4n) is 1.63. The van der Waals surface area contributed by atoms with Crippen molar-refractivity contribution in [2.75, 3.05) is 6.54 Å². The molecule has 0 heterocycles. The van der Waals surface area contributed by atoms with Gasteiger partial charge in [-0.15, -0.1) is 0 Å². The number of amides is 1. The van der Waals surface area contributed by atoms with E-state index in [9.17, 15) is 27.9 Å². The summed E-state index contributed by atoms with van der Waals surface area (Å²) in [5, 5.41) is 20.2. The largest absolute Gasteiger partial charge is 0.507 e. The third-order valence-electron chi connectivity index (χ3n) is 2.62. The smallest absolute Gasteiger partial charge is 0.419 e. The first-order chi connectivity index (χ1) is 9.65. The monoisotopic (exact) mass is 306 g/mol. The molecule has 0 aromatic heterocycles. The van der Waals surface area contributed by atoms with Crippen molar-refractivity contribution < 1.29 is 33.0 Å². The maximum Gasteiger partial charge on any atom is 0.419 e. The number of nitrogens with two attached hydrogens (primary N) is 1. The molecule has 0 fully saturated rings. The van der Waals surface area contributed by atoms with Crippen molar-refractivity contribution >= 4 is 11.9 Å². The van der Waals surface area contributed by atoms with Gasteiger partial charge in [0.1, 0.15) is 11.8 Å².